The molecule has 0 amide bonds. The third-order valence-corrected chi connectivity index (χ3v) is 3.79. The van der Waals surface area contributed by atoms with Crippen molar-refractivity contribution in [3.05, 3.63) is 17.5 Å². The highest BCUT2D eigenvalue weighted by Crippen LogP contribution is 2.33. The maximum Gasteiger partial charge on any atom is 0.0761 e. The van der Waals surface area contributed by atoms with Crippen LogP contribution in [-0.2, 0) is 11.8 Å². The van der Waals surface area contributed by atoms with Crippen molar-refractivity contribution in [2.45, 2.75) is 51.9 Å². The van der Waals surface area contributed by atoms with Gasteiger partial charge in [-0.1, -0.05) is 0 Å². The monoisotopic (exact) mass is 280 g/mol. The van der Waals surface area contributed by atoms with E-state index in [1.807, 2.05) is 11.7 Å². The Balaban J connectivity index is 2.29. The molecule has 0 bridgehead atoms. The molecule has 1 aliphatic rings. The fourth-order valence-corrected chi connectivity index (χ4v) is 3.48. The van der Waals surface area contributed by atoms with Crippen molar-refractivity contribution in [2.75, 3.05) is 19.6 Å². The summed E-state index contributed by atoms with van der Waals surface area (Å²) in [4.78, 5) is 2.44. The Morgan fingerprint density at radius 1 is 1.30 bits per heavy atom. The van der Waals surface area contributed by atoms with Crippen LogP contribution in [-0.4, -0.2) is 45.5 Å². The van der Waals surface area contributed by atoms with Crippen LogP contribution in [0.1, 0.15) is 45.0 Å². The number of nitrogens with two attached hydrogens (primary N) is 1. The molecular weight excluding hydrogens is 252 g/mol. The first-order valence-electron chi connectivity index (χ1n) is 7.28. The van der Waals surface area contributed by atoms with E-state index in [4.69, 9.17) is 10.5 Å². The molecule has 1 saturated heterocycles. The maximum absolute atomic E-state index is 6.15. The Morgan fingerprint density at radius 2 is 1.85 bits per heavy atom. The predicted molar refractivity (Wildman–Crippen MR) is 80.6 cm³/mol. The quantitative estimate of drug-likeness (QED) is 0.914. The summed E-state index contributed by atoms with van der Waals surface area (Å²) in [5, 5.41) is 4.45. The average Bonchev–Trinajstić information content (AvgIpc) is 2.54. The van der Waals surface area contributed by atoms with E-state index in [2.05, 4.69) is 50.8 Å². The molecule has 1 fully saturated rings. The lowest BCUT2D eigenvalue weighted by molar-refractivity contribution is -0.187. The number of morpholine rings is 1. The fourth-order valence-electron chi connectivity index (χ4n) is 3.48. The summed E-state index contributed by atoms with van der Waals surface area (Å²) in [7, 11) is 1.96. The van der Waals surface area contributed by atoms with E-state index in [0.29, 0.717) is 6.54 Å². The summed E-state index contributed by atoms with van der Waals surface area (Å²) in [6, 6.07) is 0.200. The summed E-state index contributed by atoms with van der Waals surface area (Å²) < 4.78 is 8.02. The third-order valence-electron chi connectivity index (χ3n) is 3.79. The highest BCUT2D eigenvalue weighted by molar-refractivity contribution is 5.21. The second-order valence-corrected chi connectivity index (χ2v) is 7.12. The first-order chi connectivity index (χ1) is 9.13. The minimum absolute atomic E-state index is 0.161. The van der Waals surface area contributed by atoms with Crippen molar-refractivity contribution in [2.24, 2.45) is 12.8 Å². The van der Waals surface area contributed by atoms with E-state index >= 15 is 0 Å². The van der Waals surface area contributed by atoms with Crippen LogP contribution in [0.4, 0.5) is 0 Å². The van der Waals surface area contributed by atoms with Gasteiger partial charge in [0.2, 0.25) is 0 Å². The molecule has 1 aromatic rings. The first-order valence-corrected chi connectivity index (χ1v) is 7.28. The average molecular weight is 280 g/mol. The normalized spacial score (nSPS) is 23.8. The van der Waals surface area contributed by atoms with Gasteiger partial charge in [0.25, 0.3) is 0 Å². The first kappa shape index (κ1) is 15.5. The summed E-state index contributed by atoms with van der Waals surface area (Å²) in [6.45, 7) is 13.0. The molecule has 1 unspecified atom stereocenters. The SMILES string of the molecule is Cc1nn(C)cc1C(CN)N1CC(C)(C)OC(C)(C)C1. The molecule has 2 N–H and O–H groups in total. The molecule has 2 rings (SSSR count). The van der Waals surface area contributed by atoms with Gasteiger partial charge in [0.05, 0.1) is 22.9 Å². The molecule has 5 nitrogen and oxygen atoms in total. The third kappa shape index (κ3) is 3.22. The van der Waals surface area contributed by atoms with Crippen LogP contribution >= 0.6 is 0 Å². The Kier molecular flexibility index (Phi) is 3.97. The van der Waals surface area contributed by atoms with Gasteiger partial charge in [-0.05, 0) is 34.6 Å². The van der Waals surface area contributed by atoms with Gasteiger partial charge in [0, 0.05) is 38.4 Å². The summed E-state index contributed by atoms with van der Waals surface area (Å²) >= 11 is 0. The van der Waals surface area contributed by atoms with E-state index in [9.17, 15) is 0 Å². The van der Waals surface area contributed by atoms with Gasteiger partial charge in [0.15, 0.2) is 0 Å². The van der Waals surface area contributed by atoms with Crippen molar-refractivity contribution in [3.8, 4) is 0 Å². The van der Waals surface area contributed by atoms with E-state index in [1.165, 1.54) is 5.56 Å². The van der Waals surface area contributed by atoms with Gasteiger partial charge in [0.1, 0.15) is 0 Å². The van der Waals surface area contributed by atoms with Crippen LogP contribution < -0.4 is 5.73 Å². The van der Waals surface area contributed by atoms with Crippen LogP contribution in [0, 0.1) is 6.92 Å². The minimum Gasteiger partial charge on any atom is -0.367 e. The van der Waals surface area contributed by atoms with Crippen LogP contribution in [0.2, 0.25) is 0 Å². The maximum atomic E-state index is 6.15. The van der Waals surface area contributed by atoms with Gasteiger partial charge in [-0.2, -0.15) is 5.10 Å². The lowest BCUT2D eigenvalue weighted by atomic mass is 9.95. The zero-order chi connectivity index (χ0) is 15.1. The summed E-state index contributed by atoms with van der Waals surface area (Å²) in [5.74, 6) is 0. The number of nitrogens with zero attached hydrogens (tertiary/aromatic N) is 3. The topological polar surface area (TPSA) is 56.3 Å². The highest BCUT2D eigenvalue weighted by atomic mass is 16.5. The van der Waals surface area contributed by atoms with Crippen molar-refractivity contribution >= 4 is 0 Å². The largest absolute Gasteiger partial charge is 0.367 e. The molecule has 5 heteroatoms. The van der Waals surface area contributed by atoms with Crippen LogP contribution in [0.3, 0.4) is 0 Å². The van der Waals surface area contributed by atoms with Crippen molar-refractivity contribution in [1.29, 1.82) is 0 Å². The summed E-state index contributed by atoms with van der Waals surface area (Å²) in [6.07, 6.45) is 2.09. The van der Waals surface area contributed by atoms with Gasteiger partial charge in [-0.25, -0.2) is 0 Å². The Hall–Kier alpha value is -0.910. The molecule has 1 aromatic heterocycles. The Morgan fingerprint density at radius 3 is 2.25 bits per heavy atom. The van der Waals surface area contributed by atoms with E-state index in [0.717, 1.165) is 18.8 Å². The lowest BCUT2D eigenvalue weighted by Crippen LogP contribution is -2.58. The smallest absolute Gasteiger partial charge is 0.0761 e. The highest BCUT2D eigenvalue weighted by Gasteiger charge is 2.41. The van der Waals surface area contributed by atoms with Crippen LogP contribution in [0.15, 0.2) is 6.20 Å². The molecular formula is C15H28N4O. The zero-order valence-corrected chi connectivity index (χ0v) is 13.6. The molecule has 2 heterocycles. The van der Waals surface area contributed by atoms with Gasteiger partial charge in [-0.3, -0.25) is 9.58 Å². The summed E-state index contributed by atoms with van der Waals surface area (Å²) in [5.41, 5.74) is 8.03. The molecule has 1 aliphatic heterocycles. The number of rotatable bonds is 3. The second kappa shape index (κ2) is 5.13. The molecule has 20 heavy (non-hydrogen) atoms. The molecule has 0 aromatic carbocycles. The number of hydrogen-bond acceptors (Lipinski definition) is 4. The fraction of sp³-hybridized carbons (Fsp3) is 0.800. The van der Waals surface area contributed by atoms with Gasteiger partial charge in [-0.15, -0.1) is 0 Å². The Labute approximate surface area is 122 Å². The van der Waals surface area contributed by atoms with Gasteiger partial charge < -0.3 is 10.5 Å². The number of aromatic nitrogens is 2. The van der Waals surface area contributed by atoms with E-state index in [1.54, 1.807) is 0 Å². The van der Waals surface area contributed by atoms with Crippen LogP contribution in [0.25, 0.3) is 0 Å². The van der Waals surface area contributed by atoms with Gasteiger partial charge >= 0.3 is 0 Å². The number of hydrogen-bond donors (Lipinski definition) is 1. The lowest BCUT2D eigenvalue weighted by Gasteiger charge is -2.49. The molecule has 0 spiro atoms. The van der Waals surface area contributed by atoms with Crippen molar-refractivity contribution in [3.63, 3.8) is 0 Å². The van der Waals surface area contributed by atoms with Crippen molar-refractivity contribution in [1.82, 2.24) is 14.7 Å². The molecule has 1 atom stereocenters. The number of ether oxygens (including phenoxy) is 1. The zero-order valence-electron chi connectivity index (χ0n) is 13.6. The molecule has 114 valence electrons. The predicted octanol–water partition coefficient (Wildman–Crippen LogP) is 1.62. The van der Waals surface area contributed by atoms with E-state index in [-0.39, 0.29) is 17.2 Å². The van der Waals surface area contributed by atoms with E-state index < -0.39 is 0 Å². The molecule has 0 aliphatic carbocycles. The molecule has 0 saturated carbocycles. The van der Waals surface area contributed by atoms with Crippen LogP contribution in [0.5, 0.6) is 0 Å². The number of aryl methyl sites for hydroxylation is 2. The van der Waals surface area contributed by atoms with Crippen molar-refractivity contribution < 1.29 is 4.74 Å². The Bertz CT molecular complexity index is 462. The molecule has 0 radical (unpaired) electrons. The minimum atomic E-state index is -0.161. The second-order valence-electron chi connectivity index (χ2n) is 7.12. The standard InChI is InChI=1S/C15H28N4O/c1-11-12(8-18(6)17-11)13(7-16)19-9-14(2,3)20-15(4,5)10-19/h8,13H,7,9-10,16H2,1-6H3.